The van der Waals surface area contributed by atoms with Crippen molar-refractivity contribution in [1.82, 2.24) is 9.78 Å². The second-order valence-corrected chi connectivity index (χ2v) is 5.03. The predicted molar refractivity (Wildman–Crippen MR) is 83.7 cm³/mol. The van der Waals surface area contributed by atoms with E-state index >= 15 is 0 Å². The van der Waals surface area contributed by atoms with E-state index < -0.39 is 0 Å². The van der Waals surface area contributed by atoms with E-state index in [0.717, 1.165) is 22.8 Å². The molecule has 0 bridgehead atoms. The minimum atomic E-state index is 0.574. The Morgan fingerprint density at radius 2 is 1.95 bits per heavy atom. The van der Waals surface area contributed by atoms with Gasteiger partial charge in [0.25, 0.3) is 0 Å². The van der Waals surface area contributed by atoms with Crippen molar-refractivity contribution in [3.63, 3.8) is 0 Å². The van der Waals surface area contributed by atoms with Crippen LogP contribution in [0.4, 0.5) is 11.4 Å². The van der Waals surface area contributed by atoms with Gasteiger partial charge in [0.2, 0.25) is 0 Å². The van der Waals surface area contributed by atoms with Crippen LogP contribution in [-0.2, 0) is 7.05 Å². The molecule has 0 aliphatic carbocycles. The number of thiocarbonyl (C=S) groups is 1. The third kappa shape index (κ3) is 3.12. The molecule has 1 aromatic heterocycles. The highest BCUT2D eigenvalue weighted by atomic mass is 32.1. The fourth-order valence-electron chi connectivity index (χ4n) is 1.95. The number of benzene rings is 1. The lowest BCUT2D eigenvalue weighted by Crippen LogP contribution is -2.19. The first kappa shape index (κ1) is 13.5. The van der Waals surface area contributed by atoms with Crippen LogP contribution in [0.2, 0.25) is 0 Å². The van der Waals surface area contributed by atoms with Gasteiger partial charge >= 0.3 is 0 Å². The number of rotatable bonds is 2. The first-order valence-electron chi connectivity index (χ1n) is 6.12. The van der Waals surface area contributed by atoms with Crippen LogP contribution in [-0.4, -0.2) is 14.9 Å². The van der Waals surface area contributed by atoms with Crippen molar-refractivity contribution in [2.45, 2.75) is 20.8 Å². The summed E-state index contributed by atoms with van der Waals surface area (Å²) in [6.07, 6.45) is 0. The number of hydrogen-bond donors (Lipinski definition) is 2. The van der Waals surface area contributed by atoms with Crippen LogP contribution in [0.5, 0.6) is 0 Å². The summed E-state index contributed by atoms with van der Waals surface area (Å²) in [7, 11) is 1.92. The third-order valence-electron chi connectivity index (χ3n) is 3.02. The molecule has 0 amide bonds. The van der Waals surface area contributed by atoms with Crippen molar-refractivity contribution >= 4 is 28.7 Å². The molecule has 0 fully saturated rings. The molecule has 0 aliphatic heterocycles. The summed E-state index contributed by atoms with van der Waals surface area (Å²) in [5.74, 6) is 0. The summed E-state index contributed by atoms with van der Waals surface area (Å²) in [5, 5.41) is 11.3. The van der Waals surface area contributed by atoms with Gasteiger partial charge in [-0.05, 0) is 50.7 Å². The molecule has 0 atom stereocenters. The quantitative estimate of drug-likeness (QED) is 0.826. The van der Waals surface area contributed by atoms with E-state index in [-0.39, 0.29) is 0 Å². The monoisotopic (exact) mass is 274 g/mol. The molecule has 100 valence electrons. The SMILES string of the molecule is Cc1cccc(NC(=S)Nc2c(C)nn(C)c2C)c1. The number of nitrogens with zero attached hydrogens (tertiary/aromatic N) is 2. The van der Waals surface area contributed by atoms with E-state index in [1.807, 2.05) is 37.7 Å². The Hall–Kier alpha value is -1.88. The maximum absolute atomic E-state index is 5.33. The van der Waals surface area contributed by atoms with E-state index in [0.29, 0.717) is 5.11 Å². The van der Waals surface area contributed by atoms with Crippen LogP contribution in [0, 0.1) is 20.8 Å². The zero-order chi connectivity index (χ0) is 14.0. The number of nitrogens with one attached hydrogen (secondary N) is 2. The van der Waals surface area contributed by atoms with Crippen LogP contribution in [0.25, 0.3) is 0 Å². The van der Waals surface area contributed by atoms with Gasteiger partial charge < -0.3 is 10.6 Å². The van der Waals surface area contributed by atoms with Gasteiger partial charge in [-0.25, -0.2) is 0 Å². The Bertz CT molecular complexity index is 616. The van der Waals surface area contributed by atoms with E-state index in [2.05, 4.69) is 34.8 Å². The lowest BCUT2D eigenvalue weighted by Gasteiger charge is -2.11. The predicted octanol–water partition coefficient (Wildman–Crippen LogP) is 3.15. The highest BCUT2D eigenvalue weighted by Crippen LogP contribution is 2.19. The topological polar surface area (TPSA) is 41.9 Å². The van der Waals surface area contributed by atoms with Crippen molar-refractivity contribution in [2.75, 3.05) is 10.6 Å². The first-order valence-corrected chi connectivity index (χ1v) is 6.53. The maximum atomic E-state index is 5.33. The Morgan fingerprint density at radius 1 is 1.21 bits per heavy atom. The highest BCUT2D eigenvalue weighted by Gasteiger charge is 2.10. The normalized spacial score (nSPS) is 10.3. The molecule has 2 rings (SSSR count). The molecule has 0 saturated heterocycles. The van der Waals surface area contributed by atoms with Crippen molar-refractivity contribution in [3.05, 3.63) is 41.2 Å². The Kier molecular flexibility index (Phi) is 3.85. The minimum absolute atomic E-state index is 0.574. The lowest BCUT2D eigenvalue weighted by atomic mass is 10.2. The maximum Gasteiger partial charge on any atom is 0.175 e. The summed E-state index contributed by atoms with van der Waals surface area (Å²) < 4.78 is 1.84. The van der Waals surface area contributed by atoms with Gasteiger partial charge in [0.05, 0.1) is 17.1 Å². The second kappa shape index (κ2) is 5.40. The van der Waals surface area contributed by atoms with Gasteiger partial charge in [0.1, 0.15) is 0 Å². The summed E-state index contributed by atoms with van der Waals surface area (Å²) in [4.78, 5) is 0. The number of hydrogen-bond acceptors (Lipinski definition) is 2. The Labute approximate surface area is 118 Å². The smallest absolute Gasteiger partial charge is 0.175 e. The summed E-state index contributed by atoms with van der Waals surface area (Å²) in [6, 6.07) is 8.10. The lowest BCUT2D eigenvalue weighted by molar-refractivity contribution is 0.731. The zero-order valence-electron chi connectivity index (χ0n) is 11.6. The summed E-state index contributed by atoms with van der Waals surface area (Å²) in [6.45, 7) is 6.03. The second-order valence-electron chi connectivity index (χ2n) is 4.62. The molecule has 0 unspecified atom stereocenters. The molecule has 1 heterocycles. The zero-order valence-corrected chi connectivity index (χ0v) is 12.4. The van der Waals surface area contributed by atoms with E-state index in [1.54, 1.807) is 0 Å². The molecule has 19 heavy (non-hydrogen) atoms. The van der Waals surface area contributed by atoms with Crippen LogP contribution in [0.1, 0.15) is 17.0 Å². The molecule has 5 heteroatoms. The molecular weight excluding hydrogens is 256 g/mol. The number of anilines is 2. The molecule has 0 aliphatic rings. The highest BCUT2D eigenvalue weighted by molar-refractivity contribution is 7.80. The van der Waals surface area contributed by atoms with Gasteiger partial charge in [0, 0.05) is 12.7 Å². The van der Waals surface area contributed by atoms with Gasteiger partial charge in [-0.3, -0.25) is 4.68 Å². The number of aryl methyl sites for hydroxylation is 3. The van der Waals surface area contributed by atoms with Crippen molar-refractivity contribution < 1.29 is 0 Å². The first-order chi connectivity index (χ1) is 8.97. The third-order valence-corrected chi connectivity index (χ3v) is 3.23. The molecule has 4 nitrogen and oxygen atoms in total. The van der Waals surface area contributed by atoms with Gasteiger partial charge in [0.15, 0.2) is 5.11 Å². The van der Waals surface area contributed by atoms with Crippen molar-refractivity contribution in [2.24, 2.45) is 7.05 Å². The Balaban J connectivity index is 2.09. The van der Waals surface area contributed by atoms with E-state index in [1.165, 1.54) is 5.56 Å². The summed E-state index contributed by atoms with van der Waals surface area (Å²) >= 11 is 5.33. The standard InChI is InChI=1S/C14H18N4S/c1-9-6-5-7-12(8-9)15-14(19)16-13-10(2)17-18(4)11(13)3/h5-8H,1-4H3,(H2,15,16,19). The van der Waals surface area contributed by atoms with Gasteiger partial charge in [-0.2, -0.15) is 5.10 Å². The van der Waals surface area contributed by atoms with Crippen LogP contribution in [0.15, 0.2) is 24.3 Å². The van der Waals surface area contributed by atoms with Gasteiger partial charge in [-0.1, -0.05) is 12.1 Å². The van der Waals surface area contributed by atoms with E-state index in [4.69, 9.17) is 12.2 Å². The van der Waals surface area contributed by atoms with E-state index in [9.17, 15) is 0 Å². The number of aromatic nitrogens is 2. The van der Waals surface area contributed by atoms with Crippen LogP contribution < -0.4 is 10.6 Å². The molecule has 0 spiro atoms. The fraction of sp³-hybridized carbons (Fsp3) is 0.286. The fourth-order valence-corrected chi connectivity index (χ4v) is 2.17. The molecule has 2 N–H and O–H groups in total. The Morgan fingerprint density at radius 3 is 2.53 bits per heavy atom. The molecule has 0 radical (unpaired) electrons. The molecule has 0 saturated carbocycles. The largest absolute Gasteiger partial charge is 0.332 e. The molecule has 1 aromatic carbocycles. The van der Waals surface area contributed by atoms with Gasteiger partial charge in [-0.15, -0.1) is 0 Å². The minimum Gasteiger partial charge on any atom is -0.332 e. The average Bonchev–Trinajstić information content (AvgIpc) is 2.56. The average molecular weight is 274 g/mol. The van der Waals surface area contributed by atoms with Crippen LogP contribution in [0.3, 0.4) is 0 Å². The van der Waals surface area contributed by atoms with Crippen molar-refractivity contribution in [3.8, 4) is 0 Å². The van der Waals surface area contributed by atoms with Crippen molar-refractivity contribution in [1.29, 1.82) is 0 Å². The van der Waals surface area contributed by atoms with Crippen LogP contribution >= 0.6 is 12.2 Å². The summed E-state index contributed by atoms with van der Waals surface area (Å²) in [5.41, 5.74) is 5.14. The molecular formula is C14H18N4S. The molecule has 2 aromatic rings.